The molecule has 4 unspecified atom stereocenters. The summed E-state index contributed by atoms with van der Waals surface area (Å²) in [4.78, 5) is 52.0. The molecule has 0 aromatic carbocycles. The Morgan fingerprint density at radius 1 is 0.531 bits per heavy atom. The van der Waals surface area contributed by atoms with Crippen LogP contribution in [0.25, 0.3) is 0 Å². The lowest BCUT2D eigenvalue weighted by atomic mass is 10.2. The van der Waals surface area contributed by atoms with Crippen molar-refractivity contribution < 1.29 is 39.6 Å². The summed E-state index contributed by atoms with van der Waals surface area (Å²) in [5, 5.41) is 37.5. The quantitative estimate of drug-likeness (QED) is 0.211. The summed E-state index contributed by atoms with van der Waals surface area (Å²) in [6.07, 6.45) is -2.74. The number of nitrogens with two attached hydrogens (primary N) is 2. The van der Waals surface area contributed by atoms with Crippen LogP contribution in [-0.4, -0.2) is 141 Å². The van der Waals surface area contributed by atoms with Gasteiger partial charge in [-0.25, -0.2) is 9.59 Å². The van der Waals surface area contributed by atoms with Crippen LogP contribution in [0.4, 0.5) is 0 Å². The summed E-state index contributed by atoms with van der Waals surface area (Å²) < 4.78 is 0. The Morgan fingerprint density at radius 2 is 0.750 bits per heavy atom. The molecule has 0 bridgehead atoms. The predicted molar refractivity (Wildman–Crippen MR) is 112 cm³/mol. The third kappa shape index (κ3) is 7.96. The molecule has 14 heteroatoms. The number of aliphatic carboxylic acids is 4. The highest BCUT2D eigenvalue weighted by molar-refractivity contribution is 5.74. The minimum absolute atomic E-state index is 0.0677. The van der Waals surface area contributed by atoms with Gasteiger partial charge in [-0.3, -0.25) is 29.2 Å². The molecule has 0 aromatic rings. The van der Waals surface area contributed by atoms with Crippen LogP contribution in [0, 0.1) is 0 Å². The van der Waals surface area contributed by atoms with Crippen molar-refractivity contribution in [1.29, 1.82) is 0 Å². The van der Waals surface area contributed by atoms with E-state index in [-0.39, 0.29) is 52.4 Å². The van der Waals surface area contributed by atoms with Gasteiger partial charge in [-0.05, 0) is 13.8 Å². The van der Waals surface area contributed by atoms with Crippen molar-refractivity contribution in [3.63, 3.8) is 0 Å². The van der Waals surface area contributed by atoms with Gasteiger partial charge in [0.1, 0.15) is 12.1 Å². The van der Waals surface area contributed by atoms with Crippen LogP contribution in [0.15, 0.2) is 0 Å². The molecule has 1 fully saturated rings. The third-order valence-corrected chi connectivity index (χ3v) is 5.80. The Kier molecular flexibility index (Phi) is 10.9. The highest BCUT2D eigenvalue weighted by atomic mass is 16.4. The SMILES string of the molecule is CC(C(=O)O)N1CCN(C(C)C(=O)O)CCN(C(N)C(=O)O)CCN(C(N)C(=O)O)CC1. The van der Waals surface area contributed by atoms with E-state index in [2.05, 4.69) is 0 Å². The van der Waals surface area contributed by atoms with Crippen LogP contribution in [0.3, 0.4) is 0 Å². The Hall–Kier alpha value is -2.36. The number of nitrogens with zero attached hydrogens (tertiary/aromatic N) is 4. The van der Waals surface area contributed by atoms with Gasteiger partial charge in [-0.2, -0.15) is 0 Å². The summed E-state index contributed by atoms with van der Waals surface area (Å²) in [6.45, 7) is 4.06. The van der Waals surface area contributed by atoms with Crippen molar-refractivity contribution in [3.8, 4) is 0 Å². The molecule has 1 heterocycles. The van der Waals surface area contributed by atoms with Gasteiger partial charge in [0.25, 0.3) is 0 Å². The highest BCUT2D eigenvalue weighted by Crippen LogP contribution is 2.09. The van der Waals surface area contributed by atoms with Crippen LogP contribution >= 0.6 is 0 Å². The van der Waals surface area contributed by atoms with Crippen LogP contribution in [0.1, 0.15) is 13.8 Å². The van der Waals surface area contributed by atoms with Gasteiger partial charge in [0.15, 0.2) is 12.3 Å². The standard InChI is InChI=1S/C18H34N6O8/c1-11(15(25)26)21-3-4-22(12(2)16(27)28)6-8-24(14(20)18(31)32)10-9-23(7-5-21)13(19)17(29)30/h11-14H,3-10,19-20H2,1-2H3,(H,25,26)(H,27,28)(H,29,30)(H,31,32). The van der Waals surface area contributed by atoms with E-state index in [0.717, 1.165) is 0 Å². The zero-order chi connectivity index (χ0) is 24.6. The molecule has 1 saturated heterocycles. The third-order valence-electron chi connectivity index (χ3n) is 5.80. The van der Waals surface area contributed by atoms with Crippen molar-refractivity contribution >= 4 is 23.9 Å². The molecular formula is C18H34N6O8. The van der Waals surface area contributed by atoms with E-state index in [0.29, 0.717) is 0 Å². The number of rotatable bonds is 8. The first-order chi connectivity index (χ1) is 14.9. The molecule has 0 radical (unpaired) electrons. The summed E-state index contributed by atoms with van der Waals surface area (Å²) in [6, 6.07) is -1.78. The van der Waals surface area contributed by atoms with Crippen molar-refractivity contribution in [2.45, 2.75) is 38.3 Å². The van der Waals surface area contributed by atoms with E-state index >= 15 is 0 Å². The second-order valence-electron chi connectivity index (χ2n) is 7.74. The van der Waals surface area contributed by atoms with Crippen molar-refractivity contribution in [3.05, 3.63) is 0 Å². The fourth-order valence-corrected chi connectivity index (χ4v) is 3.43. The smallest absolute Gasteiger partial charge is 0.335 e. The molecule has 0 aromatic heterocycles. The molecule has 1 aliphatic rings. The zero-order valence-corrected chi connectivity index (χ0v) is 18.3. The zero-order valence-electron chi connectivity index (χ0n) is 18.3. The first-order valence-electron chi connectivity index (χ1n) is 10.2. The highest BCUT2D eigenvalue weighted by Gasteiger charge is 2.30. The van der Waals surface area contributed by atoms with E-state index in [1.807, 2.05) is 0 Å². The first kappa shape index (κ1) is 27.7. The molecule has 1 aliphatic heterocycles. The number of carboxylic acid groups (broad SMARTS) is 4. The maximum Gasteiger partial charge on any atom is 0.335 e. The Balaban J connectivity index is 3.21. The minimum atomic E-state index is -1.37. The van der Waals surface area contributed by atoms with Crippen LogP contribution in [0.2, 0.25) is 0 Å². The van der Waals surface area contributed by atoms with Crippen molar-refractivity contribution in [2.75, 3.05) is 52.4 Å². The fourth-order valence-electron chi connectivity index (χ4n) is 3.43. The van der Waals surface area contributed by atoms with Gasteiger partial charge in [0.2, 0.25) is 0 Å². The van der Waals surface area contributed by atoms with Gasteiger partial charge in [-0.1, -0.05) is 0 Å². The Labute approximate surface area is 185 Å². The van der Waals surface area contributed by atoms with E-state index in [1.165, 1.54) is 23.6 Å². The first-order valence-corrected chi connectivity index (χ1v) is 10.2. The van der Waals surface area contributed by atoms with Gasteiger partial charge in [-0.15, -0.1) is 0 Å². The Bertz CT molecular complexity index is 552. The average molecular weight is 463 g/mol. The average Bonchev–Trinajstić information content (AvgIpc) is 2.72. The molecule has 0 saturated carbocycles. The molecular weight excluding hydrogens is 428 g/mol. The monoisotopic (exact) mass is 462 g/mol. The van der Waals surface area contributed by atoms with Crippen LogP contribution in [0.5, 0.6) is 0 Å². The number of hydrogen-bond donors (Lipinski definition) is 6. The number of hydrogen-bond acceptors (Lipinski definition) is 10. The molecule has 8 N–H and O–H groups in total. The largest absolute Gasteiger partial charge is 0.480 e. The normalized spacial score (nSPS) is 22.6. The summed E-state index contributed by atoms with van der Waals surface area (Å²) in [5.41, 5.74) is 11.6. The summed E-state index contributed by atoms with van der Waals surface area (Å²) in [7, 11) is 0. The lowest BCUT2D eigenvalue weighted by Gasteiger charge is -2.37. The van der Waals surface area contributed by atoms with E-state index in [1.54, 1.807) is 9.80 Å². The van der Waals surface area contributed by atoms with Gasteiger partial charge in [0.05, 0.1) is 0 Å². The fraction of sp³-hybridized carbons (Fsp3) is 0.778. The van der Waals surface area contributed by atoms with E-state index in [4.69, 9.17) is 11.5 Å². The van der Waals surface area contributed by atoms with Gasteiger partial charge >= 0.3 is 23.9 Å². The van der Waals surface area contributed by atoms with E-state index in [9.17, 15) is 39.6 Å². The summed E-state index contributed by atoms with van der Waals surface area (Å²) >= 11 is 0. The summed E-state index contributed by atoms with van der Waals surface area (Å²) in [5.74, 6) is -4.68. The van der Waals surface area contributed by atoms with Crippen molar-refractivity contribution in [1.82, 2.24) is 19.6 Å². The topological polar surface area (TPSA) is 214 Å². The second-order valence-corrected chi connectivity index (χ2v) is 7.74. The maximum atomic E-state index is 11.5. The number of carboxylic acids is 4. The molecule has 184 valence electrons. The van der Waals surface area contributed by atoms with Crippen LogP contribution < -0.4 is 11.5 Å². The maximum absolute atomic E-state index is 11.5. The second kappa shape index (κ2) is 12.6. The molecule has 0 spiro atoms. The molecule has 4 atom stereocenters. The van der Waals surface area contributed by atoms with Crippen LogP contribution in [-0.2, 0) is 19.2 Å². The van der Waals surface area contributed by atoms with E-state index < -0.39 is 48.3 Å². The lowest BCUT2D eigenvalue weighted by molar-refractivity contribution is -0.147. The molecule has 0 aliphatic carbocycles. The predicted octanol–water partition coefficient (Wildman–Crippen LogP) is -3.11. The lowest BCUT2D eigenvalue weighted by Crippen LogP contribution is -2.58. The molecule has 32 heavy (non-hydrogen) atoms. The van der Waals surface area contributed by atoms with Crippen molar-refractivity contribution in [2.24, 2.45) is 11.5 Å². The molecule has 0 amide bonds. The minimum Gasteiger partial charge on any atom is -0.480 e. The number of carbonyl (C=O) groups is 4. The molecule has 1 rings (SSSR count). The molecule has 14 nitrogen and oxygen atoms in total. The van der Waals surface area contributed by atoms with Gasteiger partial charge in [0, 0.05) is 52.4 Å². The Morgan fingerprint density at radius 3 is 0.938 bits per heavy atom. The van der Waals surface area contributed by atoms with Gasteiger partial charge < -0.3 is 31.9 Å².